The molecular formula is C16H25N3O5S. The number of thioether (sulfide) groups is 1. The van der Waals surface area contributed by atoms with E-state index in [-0.39, 0.29) is 41.4 Å². The number of carbonyl (C=O) groups is 2. The maximum absolute atomic E-state index is 12.3. The van der Waals surface area contributed by atoms with Crippen LogP contribution in [0.3, 0.4) is 0 Å². The van der Waals surface area contributed by atoms with Gasteiger partial charge in [0.25, 0.3) is 0 Å². The Morgan fingerprint density at radius 1 is 1.48 bits per heavy atom. The number of nitrogens with one attached hydrogen (secondary N) is 1. The minimum atomic E-state index is -1.11. The van der Waals surface area contributed by atoms with Gasteiger partial charge in [-0.25, -0.2) is 4.79 Å². The highest BCUT2D eigenvalue weighted by Gasteiger charge is 2.60. The number of nitrogens with two attached hydrogens (primary N) is 1. The van der Waals surface area contributed by atoms with Gasteiger partial charge in [-0.2, -0.15) is 0 Å². The van der Waals surface area contributed by atoms with Gasteiger partial charge >= 0.3 is 5.97 Å². The predicted octanol–water partition coefficient (Wildman–Crippen LogP) is -1.08. The van der Waals surface area contributed by atoms with Gasteiger partial charge in [0.15, 0.2) is 0 Å². The molecule has 3 aliphatic rings. The van der Waals surface area contributed by atoms with E-state index in [4.69, 9.17) is 5.73 Å². The van der Waals surface area contributed by atoms with Crippen molar-refractivity contribution in [2.24, 2.45) is 17.6 Å². The number of rotatable bonds is 6. The number of fused-ring (bicyclic) bond motifs is 1. The lowest BCUT2D eigenvalue weighted by atomic mass is 9.79. The van der Waals surface area contributed by atoms with Gasteiger partial charge in [0, 0.05) is 35.2 Å². The first-order valence-corrected chi connectivity index (χ1v) is 9.42. The number of carboxylic acids is 1. The molecule has 1 amide bonds. The monoisotopic (exact) mass is 371 g/mol. The minimum absolute atomic E-state index is 0.0484. The van der Waals surface area contributed by atoms with Crippen molar-refractivity contribution in [3.8, 4) is 0 Å². The van der Waals surface area contributed by atoms with E-state index in [1.807, 2.05) is 6.92 Å². The second-order valence-corrected chi connectivity index (χ2v) is 8.41. The molecule has 0 aliphatic carbocycles. The Kier molecular flexibility index (Phi) is 5.13. The highest BCUT2D eigenvalue weighted by Crippen LogP contribution is 2.51. The third-order valence-electron chi connectivity index (χ3n) is 5.44. The lowest BCUT2D eigenvalue weighted by Gasteiger charge is -2.46. The molecule has 0 aromatic carbocycles. The molecule has 8 nitrogen and oxygen atoms in total. The quantitative estimate of drug-likeness (QED) is 0.372. The molecule has 3 heterocycles. The maximum atomic E-state index is 12.3. The number of amides is 1. The fourth-order valence-electron chi connectivity index (χ4n) is 4.14. The average molecular weight is 371 g/mol. The van der Waals surface area contributed by atoms with Crippen LogP contribution >= 0.6 is 11.8 Å². The van der Waals surface area contributed by atoms with Crippen LogP contribution in [-0.4, -0.2) is 74.7 Å². The number of hydrogen-bond acceptors (Lipinski definition) is 7. The van der Waals surface area contributed by atoms with Crippen molar-refractivity contribution in [2.75, 3.05) is 13.1 Å². The number of nitrogens with zero attached hydrogens (tertiary/aromatic N) is 1. The van der Waals surface area contributed by atoms with E-state index >= 15 is 0 Å². The normalized spacial score (nSPS) is 37.1. The second kappa shape index (κ2) is 6.88. The molecule has 0 saturated carbocycles. The van der Waals surface area contributed by atoms with Crippen LogP contribution < -0.4 is 11.1 Å². The van der Waals surface area contributed by atoms with Crippen LogP contribution in [0.1, 0.15) is 20.3 Å². The van der Waals surface area contributed by atoms with Crippen LogP contribution in [0.4, 0.5) is 0 Å². The van der Waals surface area contributed by atoms with Gasteiger partial charge in [0.1, 0.15) is 5.70 Å². The molecule has 6 N–H and O–H groups in total. The van der Waals surface area contributed by atoms with Gasteiger partial charge in [-0.15, -0.1) is 11.8 Å². The maximum Gasteiger partial charge on any atom is 0.353 e. The predicted molar refractivity (Wildman–Crippen MR) is 92.5 cm³/mol. The van der Waals surface area contributed by atoms with E-state index in [9.17, 15) is 24.9 Å². The van der Waals surface area contributed by atoms with Crippen LogP contribution in [0.25, 0.3) is 0 Å². The number of carbonyl (C=O) groups excluding carboxylic acids is 1. The van der Waals surface area contributed by atoms with E-state index in [0.29, 0.717) is 17.9 Å². The van der Waals surface area contributed by atoms with E-state index in [1.54, 1.807) is 6.92 Å². The molecular weight excluding hydrogens is 346 g/mol. The smallest absolute Gasteiger partial charge is 0.353 e. The SMILES string of the molecule is C[C@@H](O)[C@H]1C(=O)N2C(C(=O)O)=C(S[C@@H]3CN[C@H]([C@@H](O)CN)C3)[C@H](C)[C@H]12. The van der Waals surface area contributed by atoms with Crippen molar-refractivity contribution in [1.82, 2.24) is 10.2 Å². The zero-order valence-electron chi connectivity index (χ0n) is 14.3. The molecule has 2 fully saturated rings. The average Bonchev–Trinajstić information content (AvgIpc) is 3.10. The van der Waals surface area contributed by atoms with Crippen LogP contribution in [0.15, 0.2) is 10.6 Å². The van der Waals surface area contributed by atoms with E-state index in [0.717, 1.165) is 0 Å². The van der Waals surface area contributed by atoms with E-state index in [1.165, 1.54) is 16.7 Å². The summed E-state index contributed by atoms with van der Waals surface area (Å²) in [6.07, 6.45) is -0.738. The first-order valence-electron chi connectivity index (χ1n) is 8.54. The van der Waals surface area contributed by atoms with E-state index < -0.39 is 24.1 Å². The Hall–Kier alpha value is -1.13. The summed E-state index contributed by atoms with van der Waals surface area (Å²) in [4.78, 5) is 26.1. The van der Waals surface area contributed by atoms with Crippen molar-refractivity contribution in [1.29, 1.82) is 0 Å². The minimum Gasteiger partial charge on any atom is -0.477 e. The fraction of sp³-hybridized carbons (Fsp3) is 0.750. The number of hydrogen-bond donors (Lipinski definition) is 5. The van der Waals surface area contributed by atoms with Crippen LogP contribution in [0, 0.1) is 11.8 Å². The number of aliphatic hydroxyl groups excluding tert-OH is 2. The molecule has 3 rings (SSSR count). The largest absolute Gasteiger partial charge is 0.477 e. The fourth-order valence-corrected chi connectivity index (χ4v) is 5.63. The van der Waals surface area contributed by atoms with Gasteiger partial charge in [0.2, 0.25) is 5.91 Å². The highest BCUT2D eigenvalue weighted by molar-refractivity contribution is 8.03. The second-order valence-electron chi connectivity index (χ2n) is 7.07. The number of aliphatic hydroxyl groups is 2. The Morgan fingerprint density at radius 2 is 2.16 bits per heavy atom. The molecule has 0 aromatic heterocycles. The Bertz CT molecular complexity index is 611. The molecule has 0 radical (unpaired) electrons. The summed E-state index contributed by atoms with van der Waals surface area (Å²) in [6.45, 7) is 4.30. The zero-order chi connectivity index (χ0) is 18.5. The van der Waals surface area contributed by atoms with Gasteiger partial charge in [-0.1, -0.05) is 6.92 Å². The molecule has 3 aliphatic heterocycles. The Labute approximate surface area is 150 Å². The van der Waals surface area contributed by atoms with Crippen molar-refractivity contribution >= 4 is 23.6 Å². The summed E-state index contributed by atoms with van der Waals surface area (Å²) in [5, 5.41) is 32.7. The van der Waals surface area contributed by atoms with E-state index in [2.05, 4.69) is 5.32 Å². The van der Waals surface area contributed by atoms with Gasteiger partial charge < -0.3 is 31.3 Å². The molecule has 0 spiro atoms. The van der Waals surface area contributed by atoms with Gasteiger partial charge in [-0.05, 0) is 13.3 Å². The number of carboxylic acid groups (broad SMARTS) is 1. The summed E-state index contributed by atoms with van der Waals surface area (Å²) >= 11 is 1.46. The lowest BCUT2D eigenvalue weighted by molar-refractivity contribution is -0.163. The van der Waals surface area contributed by atoms with Crippen LogP contribution in [-0.2, 0) is 9.59 Å². The van der Waals surface area contributed by atoms with Crippen LogP contribution in [0.2, 0.25) is 0 Å². The third-order valence-corrected chi connectivity index (χ3v) is 6.95. The lowest BCUT2D eigenvalue weighted by Crippen LogP contribution is -2.63. The van der Waals surface area contributed by atoms with Crippen LogP contribution in [0.5, 0.6) is 0 Å². The van der Waals surface area contributed by atoms with Gasteiger partial charge in [0.05, 0.1) is 24.2 Å². The summed E-state index contributed by atoms with van der Waals surface area (Å²) in [6, 6.07) is -0.391. The summed E-state index contributed by atoms with van der Waals surface area (Å²) < 4.78 is 0. The summed E-state index contributed by atoms with van der Waals surface area (Å²) in [5.74, 6) is -2.11. The number of aliphatic carboxylic acids is 1. The van der Waals surface area contributed by atoms with Crippen molar-refractivity contribution in [3.63, 3.8) is 0 Å². The first kappa shape index (κ1) is 18.7. The first-order chi connectivity index (χ1) is 11.8. The highest BCUT2D eigenvalue weighted by atomic mass is 32.2. The molecule has 2 saturated heterocycles. The van der Waals surface area contributed by atoms with Crippen molar-refractivity contribution < 1.29 is 24.9 Å². The molecule has 7 atom stereocenters. The molecule has 140 valence electrons. The Balaban J connectivity index is 1.78. The summed E-state index contributed by atoms with van der Waals surface area (Å²) in [5.41, 5.74) is 5.54. The molecule has 0 aromatic rings. The molecule has 0 bridgehead atoms. The molecule has 9 heteroatoms. The standard InChI is InChI=1S/C16H25N3O5S/c1-6-12-11(7(2)20)15(22)19(12)13(16(23)24)14(6)25-8-3-9(18-5-8)10(21)4-17/h6-12,18,20-21H,3-5,17H2,1-2H3,(H,23,24)/t6-,7-,8+,9+,10+,11-,12-/m1/s1. The van der Waals surface area contributed by atoms with Gasteiger partial charge in [-0.3, -0.25) is 4.79 Å². The zero-order valence-corrected chi connectivity index (χ0v) is 15.1. The number of β-lactam (4-membered cyclic amide) rings is 1. The topological polar surface area (TPSA) is 136 Å². The third kappa shape index (κ3) is 2.97. The Morgan fingerprint density at radius 3 is 2.72 bits per heavy atom. The van der Waals surface area contributed by atoms with Crippen molar-refractivity contribution in [2.45, 2.75) is 49.8 Å². The van der Waals surface area contributed by atoms with Crippen molar-refractivity contribution in [3.05, 3.63) is 10.6 Å². The molecule has 25 heavy (non-hydrogen) atoms. The summed E-state index contributed by atoms with van der Waals surface area (Å²) in [7, 11) is 0. The molecule has 0 unspecified atom stereocenters.